The first-order valence-corrected chi connectivity index (χ1v) is 7.69. The van der Waals surface area contributed by atoms with E-state index >= 15 is 0 Å². The van der Waals surface area contributed by atoms with Gasteiger partial charge >= 0.3 is 0 Å². The van der Waals surface area contributed by atoms with Gasteiger partial charge in [0.1, 0.15) is 4.49 Å². The Bertz CT molecular complexity index is 588. The molecule has 0 unspecified atom stereocenters. The summed E-state index contributed by atoms with van der Waals surface area (Å²) < 4.78 is 25.8. The molecule has 0 aliphatic rings. The van der Waals surface area contributed by atoms with Crippen LogP contribution in [-0.2, 0) is 10.0 Å². The fraction of sp³-hybridized carbons (Fsp3) is 0.231. The van der Waals surface area contributed by atoms with E-state index in [1.165, 1.54) is 6.20 Å². The quantitative estimate of drug-likeness (QED) is 0.773. The number of rotatable bonds is 5. The van der Waals surface area contributed by atoms with E-state index in [4.69, 9.17) is 23.2 Å². The van der Waals surface area contributed by atoms with Crippen molar-refractivity contribution in [2.75, 3.05) is 6.54 Å². The standard InChI is InChI=1S/C13H15Cl2NO2S/c1-10(2)8-16(9-13(14)15)19(17,18)12-6-4-11(3)5-7-12/h4-7,9H,1,8H2,2-3H3. The molecule has 0 saturated heterocycles. The van der Waals surface area contributed by atoms with Gasteiger partial charge in [-0.15, -0.1) is 0 Å². The molecule has 0 radical (unpaired) electrons. The van der Waals surface area contributed by atoms with Crippen LogP contribution >= 0.6 is 23.2 Å². The molecule has 0 aliphatic carbocycles. The van der Waals surface area contributed by atoms with E-state index < -0.39 is 10.0 Å². The second-order valence-corrected chi connectivity index (χ2v) is 7.14. The van der Waals surface area contributed by atoms with E-state index in [9.17, 15) is 8.42 Å². The van der Waals surface area contributed by atoms with Crippen molar-refractivity contribution in [3.8, 4) is 0 Å². The zero-order valence-electron chi connectivity index (χ0n) is 10.7. The lowest BCUT2D eigenvalue weighted by atomic mass is 10.2. The first kappa shape index (κ1) is 16.1. The molecule has 0 amide bonds. The molecule has 104 valence electrons. The van der Waals surface area contributed by atoms with Crippen molar-refractivity contribution in [2.45, 2.75) is 18.7 Å². The highest BCUT2D eigenvalue weighted by Crippen LogP contribution is 2.20. The van der Waals surface area contributed by atoms with Crippen molar-refractivity contribution in [1.82, 2.24) is 4.31 Å². The van der Waals surface area contributed by atoms with Crippen LogP contribution < -0.4 is 0 Å². The molecule has 1 aromatic carbocycles. The first-order valence-electron chi connectivity index (χ1n) is 5.49. The summed E-state index contributed by atoms with van der Waals surface area (Å²) in [7, 11) is -3.68. The van der Waals surface area contributed by atoms with Gasteiger partial charge in [-0.2, -0.15) is 0 Å². The minimum Gasteiger partial charge on any atom is -0.267 e. The Hall–Kier alpha value is -0.970. The number of benzene rings is 1. The number of halogens is 2. The van der Waals surface area contributed by atoms with Crippen molar-refractivity contribution >= 4 is 33.2 Å². The summed E-state index contributed by atoms with van der Waals surface area (Å²) >= 11 is 11.1. The summed E-state index contributed by atoms with van der Waals surface area (Å²) in [6.45, 7) is 7.44. The fourth-order valence-corrected chi connectivity index (χ4v) is 3.16. The summed E-state index contributed by atoms with van der Waals surface area (Å²) in [6, 6.07) is 6.56. The number of hydrogen-bond donors (Lipinski definition) is 0. The molecular formula is C13H15Cl2NO2S. The monoisotopic (exact) mass is 319 g/mol. The van der Waals surface area contributed by atoms with Crippen LogP contribution in [0.4, 0.5) is 0 Å². The SMILES string of the molecule is C=C(C)CN(C=C(Cl)Cl)S(=O)(=O)c1ccc(C)cc1. The molecule has 0 fully saturated rings. The fourth-order valence-electron chi connectivity index (χ4n) is 1.42. The van der Waals surface area contributed by atoms with Crippen LogP contribution in [0.3, 0.4) is 0 Å². The molecular weight excluding hydrogens is 305 g/mol. The van der Waals surface area contributed by atoms with Crippen molar-refractivity contribution in [2.24, 2.45) is 0 Å². The largest absolute Gasteiger partial charge is 0.267 e. The van der Waals surface area contributed by atoms with Gasteiger partial charge in [0.15, 0.2) is 0 Å². The van der Waals surface area contributed by atoms with Crippen LogP contribution in [-0.4, -0.2) is 19.3 Å². The average Bonchev–Trinajstić information content (AvgIpc) is 2.27. The van der Waals surface area contributed by atoms with Gasteiger partial charge in [-0.25, -0.2) is 8.42 Å². The van der Waals surface area contributed by atoms with E-state index in [0.717, 1.165) is 9.87 Å². The van der Waals surface area contributed by atoms with E-state index in [2.05, 4.69) is 6.58 Å². The zero-order valence-corrected chi connectivity index (χ0v) is 13.1. The van der Waals surface area contributed by atoms with Crippen molar-refractivity contribution in [3.63, 3.8) is 0 Å². The summed E-state index contributed by atoms with van der Waals surface area (Å²) in [5, 5.41) is 0. The maximum absolute atomic E-state index is 12.4. The smallest absolute Gasteiger partial charge is 0.264 e. The third-order valence-electron chi connectivity index (χ3n) is 2.29. The highest BCUT2D eigenvalue weighted by Gasteiger charge is 2.21. The Labute approximate surface area is 124 Å². The van der Waals surface area contributed by atoms with E-state index in [1.54, 1.807) is 31.2 Å². The van der Waals surface area contributed by atoms with Gasteiger partial charge in [-0.3, -0.25) is 4.31 Å². The van der Waals surface area contributed by atoms with Gasteiger partial charge in [-0.05, 0) is 26.0 Å². The highest BCUT2D eigenvalue weighted by molar-refractivity contribution is 7.89. The van der Waals surface area contributed by atoms with Crippen LogP contribution in [0.5, 0.6) is 0 Å². The van der Waals surface area contributed by atoms with Crippen LogP contribution in [0.2, 0.25) is 0 Å². The van der Waals surface area contributed by atoms with Crippen molar-refractivity contribution < 1.29 is 8.42 Å². The lowest BCUT2D eigenvalue weighted by molar-refractivity contribution is 0.517. The Morgan fingerprint density at radius 3 is 2.26 bits per heavy atom. The zero-order chi connectivity index (χ0) is 14.6. The maximum atomic E-state index is 12.4. The molecule has 0 bridgehead atoms. The van der Waals surface area contributed by atoms with Crippen molar-refractivity contribution in [1.29, 1.82) is 0 Å². The molecule has 19 heavy (non-hydrogen) atoms. The number of sulfonamides is 1. The Morgan fingerprint density at radius 2 is 1.84 bits per heavy atom. The van der Waals surface area contributed by atoms with E-state index in [-0.39, 0.29) is 15.9 Å². The second-order valence-electron chi connectivity index (χ2n) is 4.24. The van der Waals surface area contributed by atoms with Crippen molar-refractivity contribution in [3.05, 3.63) is 52.7 Å². The highest BCUT2D eigenvalue weighted by atomic mass is 35.5. The molecule has 6 heteroatoms. The summed E-state index contributed by atoms with van der Waals surface area (Å²) in [5.74, 6) is 0. The van der Waals surface area contributed by atoms with Gasteiger partial charge in [0.05, 0.1) is 11.4 Å². The molecule has 0 heterocycles. The number of nitrogens with zero attached hydrogens (tertiary/aromatic N) is 1. The van der Waals surface area contributed by atoms with Gasteiger partial charge < -0.3 is 0 Å². The second kappa shape index (κ2) is 6.46. The lowest BCUT2D eigenvalue weighted by Crippen LogP contribution is -2.27. The first-order chi connectivity index (χ1) is 8.73. The molecule has 0 saturated carbocycles. The van der Waals surface area contributed by atoms with E-state index in [1.807, 2.05) is 6.92 Å². The Morgan fingerprint density at radius 1 is 1.32 bits per heavy atom. The number of hydrogen-bond acceptors (Lipinski definition) is 2. The minimum absolute atomic E-state index is 0.124. The maximum Gasteiger partial charge on any atom is 0.264 e. The van der Waals surface area contributed by atoms with Gasteiger partial charge in [0, 0.05) is 6.20 Å². The van der Waals surface area contributed by atoms with E-state index in [0.29, 0.717) is 5.57 Å². The number of aryl methyl sites for hydroxylation is 1. The molecule has 0 aliphatic heterocycles. The molecule has 3 nitrogen and oxygen atoms in total. The summed E-state index contributed by atoms with van der Waals surface area (Å²) in [4.78, 5) is 0.185. The lowest BCUT2D eigenvalue weighted by Gasteiger charge is -2.20. The minimum atomic E-state index is -3.68. The Balaban J connectivity index is 3.22. The topological polar surface area (TPSA) is 37.4 Å². The van der Waals surface area contributed by atoms with Crippen LogP contribution in [0.25, 0.3) is 0 Å². The van der Waals surface area contributed by atoms with Crippen LogP contribution in [0, 0.1) is 6.92 Å². The summed E-state index contributed by atoms with van der Waals surface area (Å²) in [5.41, 5.74) is 1.66. The van der Waals surface area contributed by atoms with Gasteiger partial charge in [0.2, 0.25) is 0 Å². The molecule has 1 aromatic rings. The molecule has 0 spiro atoms. The van der Waals surface area contributed by atoms with Crippen LogP contribution in [0.1, 0.15) is 12.5 Å². The predicted octanol–water partition coefficient (Wildman–Crippen LogP) is 3.84. The summed E-state index contributed by atoms with van der Waals surface area (Å²) in [6.07, 6.45) is 1.17. The third kappa shape index (κ3) is 4.56. The molecule has 0 aromatic heterocycles. The average molecular weight is 320 g/mol. The molecule has 0 atom stereocenters. The molecule has 0 N–H and O–H groups in total. The Kier molecular flexibility index (Phi) is 5.47. The van der Waals surface area contributed by atoms with Gasteiger partial charge in [-0.1, -0.05) is 53.1 Å². The predicted molar refractivity (Wildman–Crippen MR) is 79.7 cm³/mol. The third-order valence-corrected chi connectivity index (χ3v) is 4.21. The normalized spacial score (nSPS) is 10.9. The molecule has 1 rings (SSSR count). The van der Waals surface area contributed by atoms with Gasteiger partial charge in [0.25, 0.3) is 10.0 Å². The van der Waals surface area contributed by atoms with Crippen LogP contribution in [0.15, 0.2) is 52.0 Å².